The van der Waals surface area contributed by atoms with Gasteiger partial charge in [0, 0.05) is 23.3 Å². The van der Waals surface area contributed by atoms with Crippen molar-refractivity contribution in [2.24, 2.45) is 0 Å². The largest absolute Gasteiger partial charge is 0.496 e. The van der Waals surface area contributed by atoms with E-state index in [0.717, 1.165) is 58.2 Å². The Balaban J connectivity index is 2.28. The van der Waals surface area contributed by atoms with Crippen LogP contribution in [0.4, 0.5) is 0 Å². The number of rotatable bonds is 9. The van der Waals surface area contributed by atoms with Crippen LogP contribution in [0.25, 0.3) is 10.8 Å². The normalized spacial score (nSPS) is 12.6. The van der Waals surface area contributed by atoms with Crippen molar-refractivity contribution >= 4 is 16.7 Å². The van der Waals surface area contributed by atoms with E-state index >= 15 is 0 Å². The lowest BCUT2D eigenvalue weighted by Gasteiger charge is -2.19. The summed E-state index contributed by atoms with van der Waals surface area (Å²) in [6.07, 6.45) is 4.27. The molecule has 2 rings (SSSR count). The number of benzene rings is 2. The second-order valence-corrected chi connectivity index (χ2v) is 7.45. The number of methoxy groups -OCH3 is 2. The number of ether oxygens (including phenoxy) is 3. The Kier molecular flexibility index (Phi) is 7.89. The van der Waals surface area contributed by atoms with Crippen molar-refractivity contribution in [2.75, 3.05) is 14.2 Å². The molecule has 2 aromatic rings. The van der Waals surface area contributed by atoms with Crippen LogP contribution in [0.3, 0.4) is 0 Å². The molecule has 0 saturated carbocycles. The number of carbonyl (C=O) groups excluding carboxylic acids is 1. The molecular weight excluding hydrogens is 364 g/mol. The molecule has 156 valence electrons. The van der Waals surface area contributed by atoms with Crippen LogP contribution in [0, 0.1) is 6.92 Å². The van der Waals surface area contributed by atoms with Gasteiger partial charge in [-0.05, 0) is 51.2 Å². The van der Waals surface area contributed by atoms with Gasteiger partial charge in [-0.3, -0.25) is 4.79 Å². The molecule has 0 N–H and O–H groups in total. The minimum atomic E-state index is -0.275. The first-order chi connectivity index (χ1) is 13.8. The van der Waals surface area contributed by atoms with E-state index in [2.05, 4.69) is 38.6 Å². The second kappa shape index (κ2) is 10.1. The molecule has 2 aromatic carbocycles. The number of esters is 1. The summed E-state index contributed by atoms with van der Waals surface area (Å²) in [5.74, 6) is 1.51. The topological polar surface area (TPSA) is 44.8 Å². The standard InChI is InChI=1S/C25H32O4/c1-16(2)23(29-19(5)26)15-13-17(3)12-14-20-18(4)24(27-6)21-10-8-9-11-22(21)25(20)28-7/h8-12,23H,1,13-15H2,2-7H3/b17-12+. The molecular formula is C25H32O4. The summed E-state index contributed by atoms with van der Waals surface area (Å²) in [6.45, 7) is 11.4. The fourth-order valence-electron chi connectivity index (χ4n) is 3.64. The Bertz CT molecular complexity index is 924. The van der Waals surface area contributed by atoms with E-state index in [4.69, 9.17) is 14.2 Å². The van der Waals surface area contributed by atoms with Crippen LogP contribution in [0.1, 0.15) is 44.7 Å². The zero-order chi connectivity index (χ0) is 21.6. The fraction of sp³-hybridized carbons (Fsp3) is 0.400. The van der Waals surface area contributed by atoms with E-state index in [9.17, 15) is 4.79 Å². The van der Waals surface area contributed by atoms with Crippen LogP contribution < -0.4 is 9.47 Å². The first-order valence-corrected chi connectivity index (χ1v) is 9.90. The van der Waals surface area contributed by atoms with E-state index in [-0.39, 0.29) is 12.1 Å². The third-order valence-corrected chi connectivity index (χ3v) is 5.21. The van der Waals surface area contributed by atoms with Crippen molar-refractivity contribution in [2.45, 2.75) is 53.1 Å². The molecule has 0 heterocycles. The maximum absolute atomic E-state index is 11.3. The lowest BCUT2D eigenvalue weighted by atomic mass is 9.95. The SMILES string of the molecule is C=C(C)C(CC/C(C)=C/Cc1c(C)c(OC)c2ccccc2c1OC)OC(C)=O. The van der Waals surface area contributed by atoms with Crippen LogP contribution in [0.2, 0.25) is 0 Å². The Morgan fingerprint density at radius 1 is 1.07 bits per heavy atom. The van der Waals surface area contributed by atoms with Crippen molar-refractivity contribution < 1.29 is 19.0 Å². The molecule has 0 amide bonds. The number of hydrogen-bond donors (Lipinski definition) is 0. The third-order valence-electron chi connectivity index (χ3n) is 5.21. The summed E-state index contributed by atoms with van der Waals surface area (Å²) in [7, 11) is 3.42. The molecule has 0 spiro atoms. The van der Waals surface area contributed by atoms with Crippen molar-refractivity contribution in [3.05, 3.63) is 59.2 Å². The summed E-state index contributed by atoms with van der Waals surface area (Å²) in [5, 5.41) is 2.11. The lowest BCUT2D eigenvalue weighted by molar-refractivity contribution is -0.144. The van der Waals surface area contributed by atoms with Gasteiger partial charge in [0.25, 0.3) is 0 Å². The highest BCUT2D eigenvalue weighted by atomic mass is 16.5. The van der Waals surface area contributed by atoms with Gasteiger partial charge >= 0.3 is 5.97 Å². The second-order valence-electron chi connectivity index (χ2n) is 7.45. The molecule has 0 aliphatic rings. The van der Waals surface area contributed by atoms with E-state index in [0.29, 0.717) is 0 Å². The molecule has 0 aliphatic heterocycles. The molecule has 0 radical (unpaired) electrons. The summed E-state index contributed by atoms with van der Waals surface area (Å²) in [6, 6.07) is 8.14. The molecule has 1 unspecified atom stereocenters. The van der Waals surface area contributed by atoms with E-state index in [1.54, 1.807) is 14.2 Å². The molecule has 4 nitrogen and oxygen atoms in total. The maximum atomic E-state index is 11.3. The molecule has 1 atom stereocenters. The van der Waals surface area contributed by atoms with Gasteiger partial charge in [-0.2, -0.15) is 0 Å². The van der Waals surface area contributed by atoms with Gasteiger partial charge in [0.1, 0.15) is 17.6 Å². The molecule has 4 heteroatoms. The highest BCUT2D eigenvalue weighted by Gasteiger charge is 2.17. The van der Waals surface area contributed by atoms with Gasteiger partial charge in [0.15, 0.2) is 0 Å². The van der Waals surface area contributed by atoms with Gasteiger partial charge in [-0.1, -0.05) is 42.5 Å². The molecule has 29 heavy (non-hydrogen) atoms. The lowest BCUT2D eigenvalue weighted by Crippen LogP contribution is -2.17. The summed E-state index contributed by atoms with van der Waals surface area (Å²) >= 11 is 0. The quantitative estimate of drug-likeness (QED) is 0.388. The summed E-state index contributed by atoms with van der Waals surface area (Å²) in [5.41, 5.74) is 4.31. The van der Waals surface area contributed by atoms with Gasteiger partial charge in [0.2, 0.25) is 0 Å². The van der Waals surface area contributed by atoms with E-state index in [1.165, 1.54) is 12.5 Å². The van der Waals surface area contributed by atoms with Crippen LogP contribution >= 0.6 is 0 Å². The Morgan fingerprint density at radius 3 is 2.17 bits per heavy atom. The predicted octanol–water partition coefficient (Wildman–Crippen LogP) is 5.94. The molecule has 0 aromatic heterocycles. The minimum absolute atomic E-state index is 0.243. The van der Waals surface area contributed by atoms with Gasteiger partial charge in [-0.15, -0.1) is 0 Å². The van der Waals surface area contributed by atoms with Crippen LogP contribution in [0.15, 0.2) is 48.1 Å². The Morgan fingerprint density at radius 2 is 1.66 bits per heavy atom. The summed E-state index contributed by atoms with van der Waals surface area (Å²) < 4.78 is 16.9. The highest BCUT2D eigenvalue weighted by molar-refractivity contribution is 5.96. The first-order valence-electron chi connectivity index (χ1n) is 9.90. The first kappa shape index (κ1) is 22.5. The van der Waals surface area contributed by atoms with Gasteiger partial charge in [-0.25, -0.2) is 0 Å². The average molecular weight is 397 g/mol. The van der Waals surface area contributed by atoms with Crippen molar-refractivity contribution in [1.29, 1.82) is 0 Å². The molecule has 0 aliphatic carbocycles. The van der Waals surface area contributed by atoms with Crippen molar-refractivity contribution in [3.8, 4) is 11.5 Å². The van der Waals surface area contributed by atoms with Gasteiger partial charge < -0.3 is 14.2 Å². The smallest absolute Gasteiger partial charge is 0.303 e. The van der Waals surface area contributed by atoms with Crippen LogP contribution in [-0.4, -0.2) is 26.3 Å². The minimum Gasteiger partial charge on any atom is -0.496 e. The fourth-order valence-corrected chi connectivity index (χ4v) is 3.64. The van der Waals surface area contributed by atoms with Crippen LogP contribution in [-0.2, 0) is 16.0 Å². The average Bonchev–Trinajstić information content (AvgIpc) is 2.68. The number of carbonyl (C=O) groups is 1. The zero-order valence-electron chi connectivity index (χ0n) is 18.4. The van der Waals surface area contributed by atoms with Crippen molar-refractivity contribution in [1.82, 2.24) is 0 Å². The third kappa shape index (κ3) is 5.41. The predicted molar refractivity (Wildman–Crippen MR) is 119 cm³/mol. The maximum Gasteiger partial charge on any atom is 0.303 e. The van der Waals surface area contributed by atoms with E-state index < -0.39 is 0 Å². The molecule has 0 fully saturated rings. The van der Waals surface area contributed by atoms with E-state index in [1.807, 2.05) is 19.1 Å². The Labute approximate surface area is 174 Å². The van der Waals surface area contributed by atoms with Crippen molar-refractivity contribution in [3.63, 3.8) is 0 Å². The highest BCUT2D eigenvalue weighted by Crippen LogP contribution is 2.40. The van der Waals surface area contributed by atoms with Gasteiger partial charge in [0.05, 0.1) is 14.2 Å². The molecule has 0 saturated heterocycles. The summed E-state index contributed by atoms with van der Waals surface area (Å²) in [4.78, 5) is 11.3. The Hall–Kier alpha value is -2.75. The molecule has 0 bridgehead atoms. The van der Waals surface area contributed by atoms with Crippen LogP contribution in [0.5, 0.6) is 11.5 Å². The number of allylic oxidation sites excluding steroid dienone is 2. The monoisotopic (exact) mass is 396 g/mol. The number of hydrogen-bond acceptors (Lipinski definition) is 4. The number of fused-ring (bicyclic) bond motifs is 1. The zero-order valence-corrected chi connectivity index (χ0v) is 18.4.